The Kier molecular flexibility index (Phi) is 3.36. The maximum Gasteiger partial charge on any atom is 0.255 e. The first kappa shape index (κ1) is 13.2. The van der Waals surface area contributed by atoms with Crippen molar-refractivity contribution in [2.45, 2.75) is 18.9 Å². The number of nitrogens with zero attached hydrogens (tertiary/aromatic N) is 6. The van der Waals surface area contributed by atoms with Gasteiger partial charge >= 0.3 is 0 Å². The van der Waals surface area contributed by atoms with E-state index < -0.39 is 0 Å². The zero-order valence-electron chi connectivity index (χ0n) is 11.6. The van der Waals surface area contributed by atoms with Crippen molar-refractivity contribution < 1.29 is 0 Å². The second-order valence-electron chi connectivity index (χ2n) is 4.91. The Balaban J connectivity index is 2.11. The van der Waals surface area contributed by atoms with E-state index in [1.807, 2.05) is 4.90 Å². The molecule has 1 aliphatic rings. The molecule has 2 aromatic rings. The molecule has 1 atom stereocenters. The number of aromatic nitrogens is 4. The fourth-order valence-electron chi connectivity index (χ4n) is 2.50. The van der Waals surface area contributed by atoms with Crippen molar-refractivity contribution in [3.8, 4) is 17.5 Å². The number of nitriles is 1. The molecule has 0 amide bonds. The molecule has 0 saturated carbocycles. The van der Waals surface area contributed by atoms with Crippen LogP contribution in [0.15, 0.2) is 29.5 Å². The third kappa shape index (κ3) is 2.36. The standard InChI is InChI=1S/C14H14N6O/c1-19-13(21)7-12(11-4-5-16-9-17-11)18-14(19)20-6-2-3-10(20)8-15/h4-5,7,9-10H,2-3,6H2,1H3/t10-/m0/s1. The van der Waals surface area contributed by atoms with Crippen molar-refractivity contribution in [3.05, 3.63) is 35.0 Å². The molecule has 7 nitrogen and oxygen atoms in total. The fraction of sp³-hybridized carbons (Fsp3) is 0.357. The van der Waals surface area contributed by atoms with Gasteiger partial charge in [0, 0.05) is 25.9 Å². The lowest BCUT2D eigenvalue weighted by Crippen LogP contribution is -2.34. The Hall–Kier alpha value is -2.75. The molecule has 0 radical (unpaired) electrons. The largest absolute Gasteiger partial charge is 0.326 e. The summed E-state index contributed by atoms with van der Waals surface area (Å²) in [7, 11) is 1.67. The molecule has 2 aromatic heterocycles. The van der Waals surface area contributed by atoms with Crippen LogP contribution >= 0.6 is 0 Å². The highest BCUT2D eigenvalue weighted by atomic mass is 16.1. The summed E-state index contributed by atoms with van der Waals surface area (Å²) in [5.41, 5.74) is 0.924. The second kappa shape index (κ2) is 5.32. The van der Waals surface area contributed by atoms with E-state index in [1.54, 1.807) is 19.3 Å². The molecule has 0 N–H and O–H groups in total. The summed E-state index contributed by atoms with van der Waals surface area (Å²) in [6, 6.07) is 5.18. The van der Waals surface area contributed by atoms with Crippen molar-refractivity contribution in [3.63, 3.8) is 0 Å². The Bertz CT molecular complexity index is 748. The van der Waals surface area contributed by atoms with Crippen LogP contribution in [0.5, 0.6) is 0 Å². The first-order chi connectivity index (χ1) is 10.2. The summed E-state index contributed by atoms with van der Waals surface area (Å²) in [4.78, 5) is 26.5. The molecule has 7 heteroatoms. The molecule has 0 spiro atoms. The molecule has 1 saturated heterocycles. The normalized spacial score (nSPS) is 17.7. The number of rotatable bonds is 2. The molecule has 21 heavy (non-hydrogen) atoms. The van der Waals surface area contributed by atoms with E-state index in [2.05, 4.69) is 21.0 Å². The molecular formula is C14H14N6O. The Morgan fingerprint density at radius 3 is 3.00 bits per heavy atom. The van der Waals surface area contributed by atoms with Crippen LogP contribution in [-0.4, -0.2) is 32.1 Å². The van der Waals surface area contributed by atoms with Crippen LogP contribution in [-0.2, 0) is 7.05 Å². The zero-order valence-corrected chi connectivity index (χ0v) is 11.6. The quantitative estimate of drug-likeness (QED) is 0.807. The minimum atomic E-state index is -0.233. The predicted molar refractivity (Wildman–Crippen MR) is 76.5 cm³/mol. The van der Waals surface area contributed by atoms with E-state index in [0.29, 0.717) is 17.3 Å². The lowest BCUT2D eigenvalue weighted by atomic mass is 10.2. The molecule has 0 aliphatic carbocycles. The van der Waals surface area contributed by atoms with E-state index >= 15 is 0 Å². The maximum absolute atomic E-state index is 12.2. The van der Waals surface area contributed by atoms with Gasteiger partial charge < -0.3 is 4.90 Å². The highest BCUT2D eigenvalue weighted by Crippen LogP contribution is 2.24. The number of hydrogen-bond donors (Lipinski definition) is 0. The monoisotopic (exact) mass is 282 g/mol. The van der Waals surface area contributed by atoms with Crippen molar-refractivity contribution >= 4 is 5.95 Å². The summed E-state index contributed by atoms with van der Waals surface area (Å²) in [6.45, 7) is 0.728. The average Bonchev–Trinajstić information content (AvgIpc) is 2.99. The molecule has 3 rings (SSSR count). The second-order valence-corrected chi connectivity index (χ2v) is 4.91. The zero-order chi connectivity index (χ0) is 14.8. The Morgan fingerprint density at radius 2 is 2.29 bits per heavy atom. The van der Waals surface area contributed by atoms with Crippen LogP contribution in [0.25, 0.3) is 11.4 Å². The van der Waals surface area contributed by atoms with Gasteiger partial charge in [-0.2, -0.15) is 5.26 Å². The molecule has 0 bridgehead atoms. The Morgan fingerprint density at radius 1 is 1.43 bits per heavy atom. The van der Waals surface area contributed by atoms with Crippen LogP contribution in [0.3, 0.4) is 0 Å². The lowest BCUT2D eigenvalue weighted by Gasteiger charge is -2.23. The van der Waals surface area contributed by atoms with Gasteiger partial charge in [0.1, 0.15) is 12.4 Å². The van der Waals surface area contributed by atoms with Crippen molar-refractivity contribution in [2.24, 2.45) is 7.05 Å². The molecule has 3 heterocycles. The minimum Gasteiger partial charge on any atom is -0.326 e. The predicted octanol–water partition coefficient (Wildman–Crippen LogP) is 0.730. The summed E-state index contributed by atoms with van der Waals surface area (Å²) in [6.07, 6.45) is 4.74. The van der Waals surface area contributed by atoms with E-state index in [9.17, 15) is 10.1 Å². The maximum atomic E-state index is 12.2. The Labute approximate surface area is 121 Å². The highest BCUT2D eigenvalue weighted by molar-refractivity contribution is 5.55. The summed E-state index contributed by atoms with van der Waals surface area (Å²) < 4.78 is 1.47. The minimum absolute atomic E-state index is 0.169. The van der Waals surface area contributed by atoms with Crippen LogP contribution in [0, 0.1) is 11.3 Å². The molecule has 0 unspecified atom stereocenters. The average molecular weight is 282 g/mol. The van der Waals surface area contributed by atoms with E-state index in [1.165, 1.54) is 17.0 Å². The molecule has 1 fully saturated rings. The van der Waals surface area contributed by atoms with Gasteiger partial charge in [-0.3, -0.25) is 9.36 Å². The molecule has 106 valence electrons. The van der Waals surface area contributed by atoms with E-state index in [4.69, 9.17) is 0 Å². The lowest BCUT2D eigenvalue weighted by molar-refractivity contribution is 0.727. The summed E-state index contributed by atoms with van der Waals surface area (Å²) >= 11 is 0. The van der Waals surface area contributed by atoms with Gasteiger partial charge in [0.25, 0.3) is 5.56 Å². The van der Waals surface area contributed by atoms with Crippen molar-refractivity contribution in [1.29, 1.82) is 5.26 Å². The highest BCUT2D eigenvalue weighted by Gasteiger charge is 2.27. The first-order valence-corrected chi connectivity index (χ1v) is 6.71. The van der Waals surface area contributed by atoms with Gasteiger partial charge in [0.15, 0.2) is 0 Å². The van der Waals surface area contributed by atoms with E-state index in [0.717, 1.165) is 19.4 Å². The van der Waals surface area contributed by atoms with Gasteiger partial charge in [-0.25, -0.2) is 15.0 Å². The number of hydrogen-bond acceptors (Lipinski definition) is 6. The van der Waals surface area contributed by atoms with Crippen LogP contribution < -0.4 is 10.5 Å². The fourth-order valence-corrected chi connectivity index (χ4v) is 2.50. The van der Waals surface area contributed by atoms with E-state index in [-0.39, 0.29) is 11.6 Å². The van der Waals surface area contributed by atoms with Crippen molar-refractivity contribution in [2.75, 3.05) is 11.4 Å². The van der Waals surface area contributed by atoms with Gasteiger partial charge in [0.2, 0.25) is 5.95 Å². The van der Waals surface area contributed by atoms with Gasteiger partial charge in [-0.05, 0) is 18.9 Å². The molecule has 1 aliphatic heterocycles. The van der Waals surface area contributed by atoms with Crippen LogP contribution in [0.2, 0.25) is 0 Å². The topological polar surface area (TPSA) is 87.7 Å². The third-order valence-electron chi connectivity index (χ3n) is 3.61. The molecule has 0 aromatic carbocycles. The van der Waals surface area contributed by atoms with Crippen LogP contribution in [0.4, 0.5) is 5.95 Å². The summed E-state index contributed by atoms with van der Waals surface area (Å²) in [5.74, 6) is 0.514. The first-order valence-electron chi connectivity index (χ1n) is 6.71. The SMILES string of the molecule is Cn1c(N2CCC[C@H]2C#N)nc(-c2ccncn2)cc1=O. The summed E-state index contributed by atoms with van der Waals surface area (Å²) in [5, 5.41) is 9.22. The number of anilines is 1. The van der Waals surface area contributed by atoms with Gasteiger partial charge in [-0.15, -0.1) is 0 Å². The van der Waals surface area contributed by atoms with Crippen LogP contribution in [0.1, 0.15) is 12.8 Å². The third-order valence-corrected chi connectivity index (χ3v) is 3.61. The van der Waals surface area contributed by atoms with Gasteiger partial charge in [0.05, 0.1) is 17.5 Å². The molecular weight excluding hydrogens is 268 g/mol. The van der Waals surface area contributed by atoms with Crippen molar-refractivity contribution in [1.82, 2.24) is 19.5 Å². The van der Waals surface area contributed by atoms with Gasteiger partial charge in [-0.1, -0.05) is 0 Å². The smallest absolute Gasteiger partial charge is 0.255 e.